The summed E-state index contributed by atoms with van der Waals surface area (Å²) in [5.74, 6) is 0.0996. The fourth-order valence-electron chi connectivity index (χ4n) is 2.85. The molecule has 3 rings (SSSR count). The maximum absolute atomic E-state index is 12.4. The first-order chi connectivity index (χ1) is 13.7. The monoisotopic (exact) mass is 390 g/mol. The number of rotatable bonds is 7. The Labute approximate surface area is 169 Å². The zero-order valence-corrected chi connectivity index (χ0v) is 16.4. The predicted molar refractivity (Wildman–Crippen MR) is 116 cm³/mol. The van der Waals surface area contributed by atoms with Crippen molar-refractivity contribution < 1.29 is 9.59 Å². The molecule has 142 valence electrons. The lowest BCUT2D eigenvalue weighted by Gasteiger charge is -2.17. The summed E-state index contributed by atoms with van der Waals surface area (Å²) >= 11 is 1.59. The molecule has 4 nitrogen and oxygen atoms in total. The van der Waals surface area contributed by atoms with Crippen molar-refractivity contribution >= 4 is 29.3 Å². The van der Waals surface area contributed by atoms with Crippen molar-refractivity contribution in [3.63, 3.8) is 0 Å². The first-order valence-electron chi connectivity index (χ1n) is 9.01. The number of hydrogen-bond donors (Lipinski definition) is 2. The summed E-state index contributed by atoms with van der Waals surface area (Å²) in [5.41, 5.74) is 3.57. The Morgan fingerprint density at radius 1 is 0.821 bits per heavy atom. The molecule has 2 amide bonds. The van der Waals surface area contributed by atoms with E-state index >= 15 is 0 Å². The Morgan fingerprint density at radius 2 is 1.36 bits per heavy atom. The summed E-state index contributed by atoms with van der Waals surface area (Å²) in [6, 6.07) is 27.2. The van der Waals surface area contributed by atoms with Crippen molar-refractivity contribution in [2.75, 3.05) is 18.1 Å². The van der Waals surface area contributed by atoms with Gasteiger partial charge in [-0.3, -0.25) is 9.59 Å². The molecular formula is C23H22N2O2S. The Kier molecular flexibility index (Phi) is 6.87. The van der Waals surface area contributed by atoms with E-state index in [1.165, 1.54) is 11.1 Å². The molecule has 0 heterocycles. The molecule has 0 aliphatic carbocycles. The highest BCUT2D eigenvalue weighted by Gasteiger charge is 2.16. The van der Waals surface area contributed by atoms with Crippen LogP contribution in [0, 0.1) is 0 Å². The first kappa shape index (κ1) is 19.7. The molecule has 0 fully saturated rings. The number of carbonyl (C=O) groups excluding carboxylic acids is 2. The highest BCUT2D eigenvalue weighted by Crippen LogP contribution is 2.35. The summed E-state index contributed by atoms with van der Waals surface area (Å²) in [7, 11) is 1.59. The molecule has 3 aromatic rings. The minimum absolute atomic E-state index is 0.0745. The van der Waals surface area contributed by atoms with Gasteiger partial charge >= 0.3 is 0 Å². The summed E-state index contributed by atoms with van der Waals surface area (Å²) in [5, 5.41) is 5.56. The number of amides is 2. The Balaban J connectivity index is 1.65. The number of thioether (sulfide) groups is 1. The normalized spacial score (nSPS) is 10.5. The molecule has 0 aromatic heterocycles. The van der Waals surface area contributed by atoms with Gasteiger partial charge in [0.15, 0.2) is 0 Å². The molecule has 2 N–H and O–H groups in total. The maximum Gasteiger partial charge on any atom is 0.251 e. The summed E-state index contributed by atoms with van der Waals surface area (Å²) in [6.07, 6.45) is 0. The zero-order valence-electron chi connectivity index (χ0n) is 15.6. The first-order valence-corrected chi connectivity index (χ1v) is 10.1. The second kappa shape index (κ2) is 9.76. The largest absolute Gasteiger partial charge is 0.355 e. The third-order valence-electron chi connectivity index (χ3n) is 4.24. The average Bonchev–Trinajstić information content (AvgIpc) is 2.75. The van der Waals surface area contributed by atoms with E-state index in [1.807, 2.05) is 36.4 Å². The zero-order chi connectivity index (χ0) is 19.8. The standard InChI is InChI=1S/C23H22N2O2S/c1-24-23(27)19-12-14-20(15-13-19)25-21(26)16-28-22(17-8-4-2-5-9-17)18-10-6-3-7-11-18/h2-15,22H,16H2,1H3,(H,24,27)(H,25,26). The molecule has 0 spiro atoms. The van der Waals surface area contributed by atoms with Crippen molar-refractivity contribution in [1.29, 1.82) is 0 Å². The average molecular weight is 391 g/mol. The molecule has 0 saturated carbocycles. The van der Waals surface area contributed by atoms with Crippen LogP contribution in [0.4, 0.5) is 5.69 Å². The van der Waals surface area contributed by atoms with Crippen LogP contribution >= 0.6 is 11.8 Å². The van der Waals surface area contributed by atoms with Gasteiger partial charge in [-0.2, -0.15) is 0 Å². The van der Waals surface area contributed by atoms with Crippen LogP contribution in [0.25, 0.3) is 0 Å². The number of benzene rings is 3. The lowest BCUT2D eigenvalue weighted by molar-refractivity contribution is -0.113. The van der Waals surface area contributed by atoms with Crippen molar-refractivity contribution in [2.24, 2.45) is 0 Å². The van der Waals surface area contributed by atoms with E-state index < -0.39 is 0 Å². The smallest absolute Gasteiger partial charge is 0.251 e. The molecule has 0 aliphatic heterocycles. The van der Waals surface area contributed by atoms with Crippen molar-refractivity contribution in [1.82, 2.24) is 5.32 Å². The molecule has 0 radical (unpaired) electrons. The highest BCUT2D eigenvalue weighted by molar-refractivity contribution is 8.00. The van der Waals surface area contributed by atoms with Gasteiger partial charge in [0.25, 0.3) is 5.91 Å². The van der Waals surface area contributed by atoms with E-state index in [0.717, 1.165) is 0 Å². The predicted octanol–water partition coefficient (Wildman–Crippen LogP) is 4.51. The van der Waals surface area contributed by atoms with Gasteiger partial charge in [0.2, 0.25) is 5.91 Å². The SMILES string of the molecule is CNC(=O)c1ccc(NC(=O)CSC(c2ccccc2)c2ccccc2)cc1. The molecule has 0 aliphatic rings. The van der Waals surface area contributed by atoms with E-state index in [9.17, 15) is 9.59 Å². The second-order valence-electron chi connectivity index (χ2n) is 6.22. The van der Waals surface area contributed by atoms with E-state index in [4.69, 9.17) is 0 Å². The van der Waals surface area contributed by atoms with Crippen LogP contribution in [0.1, 0.15) is 26.7 Å². The van der Waals surface area contributed by atoms with Crippen LogP contribution in [-0.2, 0) is 4.79 Å². The number of hydrogen-bond acceptors (Lipinski definition) is 3. The van der Waals surface area contributed by atoms with Gasteiger partial charge < -0.3 is 10.6 Å². The molecule has 0 unspecified atom stereocenters. The van der Waals surface area contributed by atoms with Crippen LogP contribution < -0.4 is 10.6 Å². The summed E-state index contributed by atoms with van der Waals surface area (Å²) in [4.78, 5) is 24.0. The fourth-order valence-corrected chi connectivity index (χ4v) is 3.94. The van der Waals surface area contributed by atoms with E-state index in [2.05, 4.69) is 34.9 Å². The third kappa shape index (κ3) is 5.24. The number of carbonyl (C=O) groups is 2. The van der Waals surface area contributed by atoms with E-state index in [-0.39, 0.29) is 17.1 Å². The number of anilines is 1. The number of nitrogens with one attached hydrogen (secondary N) is 2. The van der Waals surface area contributed by atoms with Gasteiger partial charge in [-0.25, -0.2) is 0 Å². The van der Waals surface area contributed by atoms with Gasteiger partial charge in [0.05, 0.1) is 11.0 Å². The van der Waals surface area contributed by atoms with E-state index in [0.29, 0.717) is 17.0 Å². The van der Waals surface area contributed by atoms with Gasteiger partial charge in [-0.1, -0.05) is 60.7 Å². The Morgan fingerprint density at radius 3 is 1.86 bits per heavy atom. The summed E-state index contributed by atoms with van der Waals surface area (Å²) < 4.78 is 0. The van der Waals surface area contributed by atoms with Gasteiger partial charge in [-0.15, -0.1) is 11.8 Å². The van der Waals surface area contributed by atoms with Crippen LogP contribution in [-0.4, -0.2) is 24.6 Å². The molecule has 0 bridgehead atoms. The minimum Gasteiger partial charge on any atom is -0.355 e. The Hall–Kier alpha value is -3.05. The lowest BCUT2D eigenvalue weighted by atomic mass is 10.0. The van der Waals surface area contributed by atoms with Gasteiger partial charge in [-0.05, 0) is 35.4 Å². The molecule has 3 aromatic carbocycles. The maximum atomic E-state index is 12.4. The fraction of sp³-hybridized carbons (Fsp3) is 0.130. The third-order valence-corrected chi connectivity index (χ3v) is 5.55. The van der Waals surface area contributed by atoms with Gasteiger partial charge in [0.1, 0.15) is 0 Å². The molecule has 5 heteroatoms. The van der Waals surface area contributed by atoms with Crippen LogP contribution in [0.5, 0.6) is 0 Å². The summed E-state index contributed by atoms with van der Waals surface area (Å²) in [6.45, 7) is 0. The highest BCUT2D eigenvalue weighted by atomic mass is 32.2. The van der Waals surface area contributed by atoms with Crippen LogP contribution in [0.2, 0.25) is 0 Å². The van der Waals surface area contributed by atoms with Crippen molar-refractivity contribution in [2.45, 2.75) is 5.25 Å². The van der Waals surface area contributed by atoms with E-state index in [1.54, 1.807) is 43.1 Å². The Bertz CT molecular complexity index is 873. The minimum atomic E-state index is -0.151. The topological polar surface area (TPSA) is 58.2 Å². The molecule has 28 heavy (non-hydrogen) atoms. The lowest BCUT2D eigenvalue weighted by Crippen LogP contribution is -2.18. The van der Waals surface area contributed by atoms with Crippen LogP contribution in [0.15, 0.2) is 84.9 Å². The van der Waals surface area contributed by atoms with Crippen molar-refractivity contribution in [3.8, 4) is 0 Å². The van der Waals surface area contributed by atoms with Crippen molar-refractivity contribution in [3.05, 3.63) is 102 Å². The molecular weight excluding hydrogens is 368 g/mol. The van der Waals surface area contributed by atoms with Crippen LogP contribution in [0.3, 0.4) is 0 Å². The van der Waals surface area contributed by atoms with Gasteiger partial charge in [0, 0.05) is 18.3 Å². The quantitative estimate of drug-likeness (QED) is 0.624. The molecule has 0 saturated heterocycles. The molecule has 0 atom stereocenters. The second-order valence-corrected chi connectivity index (χ2v) is 7.31.